The second-order valence-electron chi connectivity index (χ2n) is 5.14. The Bertz CT molecular complexity index is 447. The Labute approximate surface area is 149 Å². The highest BCUT2D eigenvalue weighted by molar-refractivity contribution is 5.81. The summed E-state index contributed by atoms with van der Waals surface area (Å²) in [5, 5.41) is 5.05. The number of carbonyl (C=O) groups excluding carboxylic acids is 3. The van der Waals surface area contributed by atoms with Crippen molar-refractivity contribution in [2.45, 2.75) is 52.0 Å². The number of hydrogen-bond donors (Lipinski definition) is 2. The zero-order chi connectivity index (χ0) is 18.9. The van der Waals surface area contributed by atoms with Gasteiger partial charge in [-0.05, 0) is 32.6 Å². The molecule has 0 spiro atoms. The number of nitrogens with one attached hydrogen (secondary N) is 2. The molecule has 0 radical (unpaired) electrons. The number of hydrogen-bond acceptors (Lipinski definition) is 6. The van der Waals surface area contributed by atoms with Crippen LogP contribution in [0.4, 0.5) is 9.59 Å². The molecule has 0 saturated carbocycles. The molecular formula is C17H28N2O6. The van der Waals surface area contributed by atoms with Crippen LogP contribution in [0.1, 0.15) is 46.0 Å². The SMILES string of the molecule is C#CCOC(=O)N[C@H](CCCCNC(=O)OCCCC)C(=O)OCC. The van der Waals surface area contributed by atoms with Crippen molar-refractivity contribution in [3.8, 4) is 12.3 Å². The second-order valence-corrected chi connectivity index (χ2v) is 5.14. The number of amides is 2. The van der Waals surface area contributed by atoms with Gasteiger partial charge in [-0.25, -0.2) is 14.4 Å². The lowest BCUT2D eigenvalue weighted by Gasteiger charge is -2.16. The average molecular weight is 356 g/mol. The summed E-state index contributed by atoms with van der Waals surface area (Å²) in [5.74, 6) is 1.63. The van der Waals surface area contributed by atoms with E-state index in [1.807, 2.05) is 6.92 Å². The summed E-state index contributed by atoms with van der Waals surface area (Å²) in [5.41, 5.74) is 0. The van der Waals surface area contributed by atoms with Gasteiger partial charge in [-0.1, -0.05) is 19.3 Å². The summed E-state index contributed by atoms with van der Waals surface area (Å²) >= 11 is 0. The topological polar surface area (TPSA) is 103 Å². The number of terminal acetylenes is 1. The molecular weight excluding hydrogens is 328 g/mol. The van der Waals surface area contributed by atoms with Gasteiger partial charge in [0.05, 0.1) is 13.2 Å². The molecule has 1 atom stereocenters. The summed E-state index contributed by atoms with van der Waals surface area (Å²) in [6, 6.07) is -0.818. The smallest absolute Gasteiger partial charge is 0.408 e. The van der Waals surface area contributed by atoms with Gasteiger partial charge in [0.15, 0.2) is 6.61 Å². The number of esters is 1. The minimum absolute atomic E-state index is 0.175. The molecule has 2 N–H and O–H groups in total. The molecule has 0 aromatic heterocycles. The maximum atomic E-state index is 11.8. The van der Waals surface area contributed by atoms with Crippen LogP contribution in [-0.2, 0) is 19.0 Å². The van der Waals surface area contributed by atoms with Crippen LogP contribution >= 0.6 is 0 Å². The van der Waals surface area contributed by atoms with Crippen LogP contribution in [0.2, 0.25) is 0 Å². The Morgan fingerprint density at radius 2 is 1.80 bits per heavy atom. The van der Waals surface area contributed by atoms with Crippen molar-refractivity contribution in [2.24, 2.45) is 0 Å². The lowest BCUT2D eigenvalue weighted by molar-refractivity contribution is -0.145. The van der Waals surface area contributed by atoms with E-state index < -0.39 is 24.2 Å². The first-order valence-corrected chi connectivity index (χ1v) is 8.49. The molecule has 0 aliphatic carbocycles. The maximum absolute atomic E-state index is 11.8. The highest BCUT2D eigenvalue weighted by Crippen LogP contribution is 2.04. The van der Waals surface area contributed by atoms with E-state index >= 15 is 0 Å². The van der Waals surface area contributed by atoms with Crippen molar-refractivity contribution >= 4 is 18.2 Å². The lowest BCUT2D eigenvalue weighted by Crippen LogP contribution is -2.42. The van der Waals surface area contributed by atoms with Crippen molar-refractivity contribution in [2.75, 3.05) is 26.4 Å². The van der Waals surface area contributed by atoms with Gasteiger partial charge >= 0.3 is 18.2 Å². The zero-order valence-electron chi connectivity index (χ0n) is 15.0. The normalized spacial score (nSPS) is 10.9. The van der Waals surface area contributed by atoms with Crippen molar-refractivity contribution < 1.29 is 28.6 Å². The van der Waals surface area contributed by atoms with Crippen molar-refractivity contribution in [1.29, 1.82) is 0 Å². The Hall–Kier alpha value is -2.43. The largest absolute Gasteiger partial charge is 0.464 e. The third-order valence-corrected chi connectivity index (χ3v) is 3.07. The quantitative estimate of drug-likeness (QED) is 0.240. The standard InChI is InChI=1S/C17H28N2O6/c1-4-7-13-25-16(21)18-11-9-8-10-14(15(20)23-6-3)19-17(22)24-12-5-2/h2,14H,4,6-13H2,1,3H3,(H,18,21)(H,19,22)/t14-/m1/s1. The lowest BCUT2D eigenvalue weighted by atomic mass is 10.1. The minimum Gasteiger partial charge on any atom is -0.464 e. The van der Waals surface area contributed by atoms with E-state index in [9.17, 15) is 14.4 Å². The Morgan fingerprint density at radius 3 is 2.44 bits per heavy atom. The minimum atomic E-state index is -0.818. The average Bonchev–Trinajstić information content (AvgIpc) is 2.59. The van der Waals surface area contributed by atoms with Gasteiger partial charge in [0.25, 0.3) is 0 Å². The fraction of sp³-hybridized carbons (Fsp3) is 0.706. The molecule has 142 valence electrons. The Morgan fingerprint density at radius 1 is 1.04 bits per heavy atom. The van der Waals surface area contributed by atoms with E-state index in [4.69, 9.17) is 15.9 Å². The fourth-order valence-electron chi connectivity index (χ4n) is 1.81. The highest BCUT2D eigenvalue weighted by atomic mass is 16.6. The fourth-order valence-corrected chi connectivity index (χ4v) is 1.81. The summed E-state index contributed by atoms with van der Waals surface area (Å²) in [7, 11) is 0. The first-order valence-electron chi connectivity index (χ1n) is 8.49. The third kappa shape index (κ3) is 12.6. The number of ether oxygens (including phenoxy) is 3. The molecule has 25 heavy (non-hydrogen) atoms. The molecule has 0 heterocycles. The van der Waals surface area contributed by atoms with Crippen molar-refractivity contribution in [1.82, 2.24) is 10.6 Å². The predicted octanol–water partition coefficient (Wildman–Crippen LogP) is 1.97. The summed E-state index contributed by atoms with van der Waals surface area (Å²) in [6.45, 7) is 4.54. The molecule has 2 amide bonds. The van der Waals surface area contributed by atoms with Gasteiger partial charge in [-0.15, -0.1) is 6.42 Å². The number of alkyl carbamates (subject to hydrolysis) is 2. The Kier molecular flexibility index (Phi) is 13.6. The van der Waals surface area contributed by atoms with Gasteiger partial charge < -0.3 is 24.8 Å². The zero-order valence-corrected chi connectivity index (χ0v) is 15.0. The van der Waals surface area contributed by atoms with Gasteiger partial charge in [-0.2, -0.15) is 0 Å². The molecule has 0 aliphatic heterocycles. The van der Waals surface area contributed by atoms with Crippen LogP contribution in [0.25, 0.3) is 0 Å². The number of carbonyl (C=O) groups is 3. The van der Waals surface area contributed by atoms with Gasteiger partial charge in [-0.3, -0.25) is 0 Å². The second kappa shape index (κ2) is 15.1. The van der Waals surface area contributed by atoms with Crippen LogP contribution < -0.4 is 10.6 Å². The molecule has 0 aromatic carbocycles. The van der Waals surface area contributed by atoms with Gasteiger partial charge in [0.1, 0.15) is 6.04 Å². The number of rotatable bonds is 12. The van der Waals surface area contributed by atoms with Crippen LogP contribution in [-0.4, -0.2) is 50.6 Å². The Balaban J connectivity index is 4.09. The van der Waals surface area contributed by atoms with Crippen LogP contribution in [0, 0.1) is 12.3 Å². The summed E-state index contributed by atoms with van der Waals surface area (Å²) in [4.78, 5) is 34.7. The molecule has 0 fully saturated rings. The van der Waals surface area contributed by atoms with Crippen LogP contribution in [0.15, 0.2) is 0 Å². The van der Waals surface area contributed by atoms with Crippen molar-refractivity contribution in [3.05, 3.63) is 0 Å². The molecule has 0 aliphatic rings. The van der Waals surface area contributed by atoms with E-state index in [2.05, 4.69) is 21.3 Å². The van der Waals surface area contributed by atoms with E-state index in [1.54, 1.807) is 6.92 Å². The van der Waals surface area contributed by atoms with Crippen LogP contribution in [0.5, 0.6) is 0 Å². The monoisotopic (exact) mass is 356 g/mol. The van der Waals surface area contributed by atoms with Gasteiger partial charge in [0.2, 0.25) is 0 Å². The van der Waals surface area contributed by atoms with E-state index in [0.717, 1.165) is 12.8 Å². The molecule has 8 nitrogen and oxygen atoms in total. The molecule has 0 aromatic rings. The first-order chi connectivity index (χ1) is 12.0. The summed E-state index contributed by atoms with van der Waals surface area (Å²) < 4.78 is 14.6. The molecule has 0 unspecified atom stereocenters. The number of unbranched alkanes of at least 4 members (excludes halogenated alkanes) is 2. The van der Waals surface area contributed by atoms with E-state index in [0.29, 0.717) is 32.4 Å². The predicted molar refractivity (Wildman–Crippen MR) is 91.8 cm³/mol. The first kappa shape index (κ1) is 22.6. The summed E-state index contributed by atoms with van der Waals surface area (Å²) in [6.07, 6.45) is 7.14. The molecule has 0 rings (SSSR count). The van der Waals surface area contributed by atoms with Crippen LogP contribution in [0.3, 0.4) is 0 Å². The molecule has 0 saturated heterocycles. The van der Waals surface area contributed by atoms with E-state index in [-0.39, 0.29) is 13.2 Å². The molecule has 8 heteroatoms. The van der Waals surface area contributed by atoms with E-state index in [1.165, 1.54) is 0 Å². The highest BCUT2D eigenvalue weighted by Gasteiger charge is 2.22. The maximum Gasteiger partial charge on any atom is 0.408 e. The molecule has 0 bridgehead atoms. The van der Waals surface area contributed by atoms with Gasteiger partial charge in [0, 0.05) is 6.54 Å². The van der Waals surface area contributed by atoms with Crippen molar-refractivity contribution in [3.63, 3.8) is 0 Å². The third-order valence-electron chi connectivity index (χ3n) is 3.07.